The first-order valence-corrected chi connectivity index (χ1v) is 2.97. The lowest BCUT2D eigenvalue weighted by Gasteiger charge is -2.05. The fourth-order valence-corrected chi connectivity index (χ4v) is 0.660. The van der Waals surface area contributed by atoms with Gasteiger partial charge < -0.3 is 5.11 Å². The van der Waals surface area contributed by atoms with Crippen LogP contribution < -0.4 is 5.43 Å². The van der Waals surface area contributed by atoms with Crippen molar-refractivity contribution in [1.82, 2.24) is 5.43 Å². The number of nitrogens with one attached hydrogen (secondary N) is 1. The molecule has 1 aliphatic heterocycles. The summed E-state index contributed by atoms with van der Waals surface area (Å²) >= 11 is 0. The molecule has 0 saturated carbocycles. The first kappa shape index (κ1) is 6.80. The predicted octanol–water partition coefficient (Wildman–Crippen LogP) is -0.0251. The first-order chi connectivity index (χ1) is 4.80. The Bertz CT molecular complexity index is 172. The summed E-state index contributed by atoms with van der Waals surface area (Å²) in [6, 6.07) is -0.574. The zero-order chi connectivity index (χ0) is 7.40. The van der Waals surface area contributed by atoms with E-state index in [0.29, 0.717) is 6.42 Å². The summed E-state index contributed by atoms with van der Waals surface area (Å²) in [6.45, 7) is 0. The van der Waals surface area contributed by atoms with Crippen molar-refractivity contribution in [2.24, 2.45) is 5.10 Å². The minimum Gasteiger partial charge on any atom is -0.480 e. The zero-order valence-electron chi connectivity index (χ0n) is 5.32. The van der Waals surface area contributed by atoms with Gasteiger partial charge in [-0.3, -0.25) is 5.43 Å². The highest BCUT2D eigenvalue weighted by molar-refractivity contribution is 5.76. The van der Waals surface area contributed by atoms with Crippen molar-refractivity contribution >= 4 is 12.2 Å². The Morgan fingerprint density at radius 2 is 2.60 bits per heavy atom. The summed E-state index contributed by atoms with van der Waals surface area (Å²) in [5.41, 5.74) is 2.49. The van der Waals surface area contributed by atoms with Gasteiger partial charge in [0.1, 0.15) is 6.04 Å². The van der Waals surface area contributed by atoms with Crippen molar-refractivity contribution in [3.63, 3.8) is 0 Å². The minimum absolute atomic E-state index is 0.481. The molecule has 0 saturated heterocycles. The van der Waals surface area contributed by atoms with E-state index in [1.54, 1.807) is 12.2 Å². The molecule has 0 radical (unpaired) electrons. The van der Waals surface area contributed by atoms with Gasteiger partial charge in [-0.2, -0.15) is 5.10 Å². The lowest BCUT2D eigenvalue weighted by molar-refractivity contribution is -0.139. The Morgan fingerprint density at radius 1 is 1.80 bits per heavy atom. The summed E-state index contributed by atoms with van der Waals surface area (Å²) in [5, 5.41) is 12.1. The van der Waals surface area contributed by atoms with E-state index in [1.165, 1.54) is 6.21 Å². The lowest BCUT2D eigenvalue weighted by atomic mass is 10.2. The number of hydrazone groups is 1. The third kappa shape index (κ3) is 1.58. The van der Waals surface area contributed by atoms with Crippen molar-refractivity contribution in [2.45, 2.75) is 12.5 Å². The highest BCUT2D eigenvalue weighted by atomic mass is 16.4. The van der Waals surface area contributed by atoms with Crippen LogP contribution in [0.25, 0.3) is 0 Å². The molecule has 1 unspecified atom stereocenters. The Hall–Kier alpha value is -1.32. The average Bonchev–Trinajstić information content (AvgIpc) is 2.12. The molecule has 10 heavy (non-hydrogen) atoms. The van der Waals surface area contributed by atoms with Gasteiger partial charge in [-0.1, -0.05) is 6.08 Å². The van der Waals surface area contributed by atoms with Crippen molar-refractivity contribution in [1.29, 1.82) is 0 Å². The molecule has 1 atom stereocenters. The van der Waals surface area contributed by atoms with Crippen LogP contribution in [0, 0.1) is 0 Å². The number of allylic oxidation sites excluding steroid dienone is 1. The van der Waals surface area contributed by atoms with Gasteiger partial charge in [0.05, 0.1) is 0 Å². The molecule has 0 aromatic carbocycles. The number of aliphatic carboxylic acids is 1. The maximum absolute atomic E-state index is 10.3. The van der Waals surface area contributed by atoms with Crippen LogP contribution in [0.2, 0.25) is 0 Å². The standard InChI is InChI=1S/C6H8N2O2/c9-6(10)5-3-1-2-4-7-8-5/h1-2,4-5,8H,3H2,(H,9,10). The molecule has 1 heterocycles. The number of hydrogen-bond acceptors (Lipinski definition) is 3. The van der Waals surface area contributed by atoms with Gasteiger partial charge in [-0.15, -0.1) is 0 Å². The van der Waals surface area contributed by atoms with Gasteiger partial charge in [0, 0.05) is 6.21 Å². The van der Waals surface area contributed by atoms with Gasteiger partial charge in [0.2, 0.25) is 0 Å². The van der Waals surface area contributed by atoms with Crippen LogP contribution in [-0.4, -0.2) is 23.3 Å². The number of carboxylic acids is 1. The fourth-order valence-electron chi connectivity index (χ4n) is 0.660. The second kappa shape index (κ2) is 3.00. The van der Waals surface area contributed by atoms with E-state index >= 15 is 0 Å². The van der Waals surface area contributed by atoms with E-state index in [-0.39, 0.29) is 0 Å². The van der Waals surface area contributed by atoms with E-state index < -0.39 is 12.0 Å². The van der Waals surface area contributed by atoms with E-state index in [1.807, 2.05) is 0 Å². The SMILES string of the molecule is O=C(O)C1CC=CC=NN1. The third-order valence-corrected chi connectivity index (χ3v) is 1.20. The van der Waals surface area contributed by atoms with Gasteiger partial charge in [0.25, 0.3) is 0 Å². The summed E-state index contributed by atoms with van der Waals surface area (Å²) < 4.78 is 0. The normalized spacial score (nSPS) is 23.4. The summed E-state index contributed by atoms with van der Waals surface area (Å²) in [4.78, 5) is 10.3. The molecule has 0 fully saturated rings. The highest BCUT2D eigenvalue weighted by Crippen LogP contribution is 1.95. The number of rotatable bonds is 1. The summed E-state index contributed by atoms with van der Waals surface area (Å²) in [6.07, 6.45) is 5.50. The Morgan fingerprint density at radius 3 is 3.30 bits per heavy atom. The van der Waals surface area contributed by atoms with Crippen LogP contribution in [0.5, 0.6) is 0 Å². The number of nitrogens with zero attached hydrogens (tertiary/aromatic N) is 1. The molecule has 4 nitrogen and oxygen atoms in total. The lowest BCUT2D eigenvalue weighted by Crippen LogP contribution is -2.31. The molecule has 1 rings (SSSR count). The van der Waals surface area contributed by atoms with Gasteiger partial charge in [0.15, 0.2) is 0 Å². The quantitative estimate of drug-likeness (QED) is 0.537. The van der Waals surface area contributed by atoms with Crippen LogP contribution >= 0.6 is 0 Å². The van der Waals surface area contributed by atoms with Crippen LogP contribution in [0.1, 0.15) is 6.42 Å². The molecule has 0 bridgehead atoms. The molecule has 0 amide bonds. The molecule has 0 aromatic heterocycles. The largest absolute Gasteiger partial charge is 0.480 e. The molecule has 0 spiro atoms. The third-order valence-electron chi connectivity index (χ3n) is 1.20. The van der Waals surface area contributed by atoms with Gasteiger partial charge >= 0.3 is 5.97 Å². The molecule has 4 heteroatoms. The smallest absolute Gasteiger partial charge is 0.328 e. The summed E-state index contributed by atoms with van der Waals surface area (Å²) in [5.74, 6) is -0.872. The van der Waals surface area contributed by atoms with E-state index in [0.717, 1.165) is 0 Å². The van der Waals surface area contributed by atoms with Crippen molar-refractivity contribution in [2.75, 3.05) is 0 Å². The molecule has 0 aliphatic carbocycles. The molecule has 2 N–H and O–H groups in total. The van der Waals surface area contributed by atoms with E-state index in [2.05, 4.69) is 10.5 Å². The van der Waals surface area contributed by atoms with Crippen molar-refractivity contribution in [3.05, 3.63) is 12.2 Å². The Kier molecular flexibility index (Phi) is 2.04. The Balaban J connectivity index is 2.55. The van der Waals surface area contributed by atoms with E-state index in [4.69, 9.17) is 5.11 Å². The van der Waals surface area contributed by atoms with Crippen molar-refractivity contribution in [3.8, 4) is 0 Å². The maximum atomic E-state index is 10.3. The highest BCUT2D eigenvalue weighted by Gasteiger charge is 2.14. The minimum atomic E-state index is -0.872. The molecule has 0 aromatic rings. The topological polar surface area (TPSA) is 61.7 Å². The van der Waals surface area contributed by atoms with Gasteiger partial charge in [-0.25, -0.2) is 4.79 Å². The molecule has 1 aliphatic rings. The molecular weight excluding hydrogens is 132 g/mol. The van der Waals surface area contributed by atoms with E-state index in [9.17, 15) is 4.79 Å². The monoisotopic (exact) mass is 140 g/mol. The average molecular weight is 140 g/mol. The van der Waals surface area contributed by atoms with Crippen LogP contribution in [0.4, 0.5) is 0 Å². The number of carbonyl (C=O) groups is 1. The van der Waals surface area contributed by atoms with Crippen molar-refractivity contribution < 1.29 is 9.90 Å². The van der Waals surface area contributed by atoms with Gasteiger partial charge in [-0.05, 0) is 12.5 Å². The first-order valence-electron chi connectivity index (χ1n) is 2.97. The molecule has 54 valence electrons. The van der Waals surface area contributed by atoms with Crippen LogP contribution in [0.15, 0.2) is 17.3 Å². The van der Waals surface area contributed by atoms with Crippen LogP contribution in [-0.2, 0) is 4.79 Å². The maximum Gasteiger partial charge on any atom is 0.328 e. The second-order valence-electron chi connectivity index (χ2n) is 1.96. The second-order valence-corrected chi connectivity index (χ2v) is 1.96. The van der Waals surface area contributed by atoms with Crippen LogP contribution in [0.3, 0.4) is 0 Å². The molecular formula is C6H8N2O2. The fraction of sp³-hybridized carbons (Fsp3) is 0.333. The predicted molar refractivity (Wildman–Crippen MR) is 36.8 cm³/mol. The zero-order valence-corrected chi connectivity index (χ0v) is 5.32. The Labute approximate surface area is 58.2 Å². The summed E-state index contributed by atoms with van der Waals surface area (Å²) in [7, 11) is 0. The number of carboxylic acid groups (broad SMARTS) is 1. The number of hydrogen-bond donors (Lipinski definition) is 2.